The normalized spacial score (nSPS) is 27.3. The number of primary amides is 1. The molecule has 0 spiro atoms. The Morgan fingerprint density at radius 1 is 1.04 bits per heavy atom. The summed E-state index contributed by atoms with van der Waals surface area (Å²) in [6, 6.07) is 3.69. The van der Waals surface area contributed by atoms with Crippen molar-refractivity contribution in [2.75, 3.05) is 0 Å². The van der Waals surface area contributed by atoms with Crippen molar-refractivity contribution >= 4 is 17.4 Å². The van der Waals surface area contributed by atoms with Crippen molar-refractivity contribution in [2.45, 2.75) is 18.9 Å². The number of Topliss-reactive ketones (excluding diaryl/α,β-unsaturated/α-hetero) is 1. The molecule has 1 aromatic rings. The van der Waals surface area contributed by atoms with Crippen LogP contribution in [0, 0.1) is 11.8 Å². The van der Waals surface area contributed by atoms with Crippen LogP contribution < -0.4 is 11.5 Å². The lowest BCUT2D eigenvalue weighted by molar-refractivity contribution is -0.123. The third kappa shape index (κ3) is 2.20. The quantitative estimate of drug-likeness (QED) is 0.399. The number of phenols is 1. The van der Waals surface area contributed by atoms with Crippen molar-refractivity contribution in [3.63, 3.8) is 0 Å². The summed E-state index contributed by atoms with van der Waals surface area (Å²) < 4.78 is 0. The number of phenolic OH excluding ortho intramolecular Hbond substituents is 1. The lowest BCUT2D eigenvalue weighted by atomic mass is 9.65. The molecule has 0 aliphatic heterocycles. The number of amides is 1. The summed E-state index contributed by atoms with van der Waals surface area (Å²) in [5, 5.41) is 42.1. The smallest absolute Gasteiger partial charge is 0.256 e. The summed E-state index contributed by atoms with van der Waals surface area (Å²) in [5.41, 5.74) is 11.5. The number of rotatable bonds is 1. The molecule has 3 aliphatic carbocycles. The number of aliphatic hydroxyl groups is 3. The Labute approximate surface area is 153 Å². The Bertz CT molecular complexity index is 1000. The van der Waals surface area contributed by atoms with Gasteiger partial charge in [-0.05, 0) is 30.4 Å². The molecular formula is C19H18N2O6. The van der Waals surface area contributed by atoms with E-state index in [1.807, 2.05) is 0 Å². The van der Waals surface area contributed by atoms with Crippen LogP contribution in [-0.2, 0) is 16.0 Å². The Morgan fingerprint density at radius 2 is 1.74 bits per heavy atom. The summed E-state index contributed by atoms with van der Waals surface area (Å²) >= 11 is 0. The van der Waals surface area contributed by atoms with Gasteiger partial charge in [-0.2, -0.15) is 0 Å². The largest absolute Gasteiger partial charge is 0.507 e. The molecule has 27 heavy (non-hydrogen) atoms. The average molecular weight is 370 g/mol. The number of nitrogens with two attached hydrogens (primary N) is 2. The van der Waals surface area contributed by atoms with Gasteiger partial charge in [-0.3, -0.25) is 9.59 Å². The molecule has 1 aromatic carbocycles. The van der Waals surface area contributed by atoms with E-state index in [1.54, 1.807) is 12.1 Å². The molecule has 0 radical (unpaired) electrons. The van der Waals surface area contributed by atoms with Gasteiger partial charge in [0.1, 0.15) is 28.6 Å². The van der Waals surface area contributed by atoms with Gasteiger partial charge < -0.3 is 31.9 Å². The van der Waals surface area contributed by atoms with Crippen LogP contribution in [0.1, 0.15) is 17.5 Å². The number of aliphatic hydroxyl groups excluding tert-OH is 3. The van der Waals surface area contributed by atoms with Gasteiger partial charge in [0.25, 0.3) is 5.91 Å². The molecule has 3 atom stereocenters. The van der Waals surface area contributed by atoms with E-state index in [-0.39, 0.29) is 40.6 Å². The number of carbonyl (C=O) groups is 2. The molecule has 0 saturated carbocycles. The highest BCUT2D eigenvalue weighted by molar-refractivity contribution is 6.22. The number of ketones is 1. The third-order valence-electron chi connectivity index (χ3n) is 5.64. The Balaban J connectivity index is 2.00. The molecule has 3 aliphatic rings. The first kappa shape index (κ1) is 17.2. The van der Waals surface area contributed by atoms with Crippen LogP contribution in [-0.4, -0.2) is 38.2 Å². The summed E-state index contributed by atoms with van der Waals surface area (Å²) in [7, 11) is 0. The summed E-state index contributed by atoms with van der Waals surface area (Å²) in [6.45, 7) is 0. The summed E-state index contributed by atoms with van der Waals surface area (Å²) in [6.07, 6.45) is 0.682. The van der Waals surface area contributed by atoms with E-state index in [0.717, 1.165) is 0 Å². The van der Waals surface area contributed by atoms with Crippen LogP contribution >= 0.6 is 0 Å². The SMILES string of the molecule is NC(=O)C1=C(O)C2=C(O)C3=C(O)c4c(O)cccc4C[C@H]3C[C@H]2C(N)C1=O. The van der Waals surface area contributed by atoms with Crippen molar-refractivity contribution in [3.8, 4) is 5.75 Å². The Hall–Kier alpha value is -3.26. The molecule has 4 rings (SSSR count). The highest BCUT2D eigenvalue weighted by Crippen LogP contribution is 2.50. The average Bonchev–Trinajstić information content (AvgIpc) is 2.59. The minimum Gasteiger partial charge on any atom is -0.507 e. The molecular weight excluding hydrogens is 352 g/mol. The van der Waals surface area contributed by atoms with Crippen LogP contribution in [0.5, 0.6) is 5.75 Å². The number of hydrogen-bond acceptors (Lipinski definition) is 7. The lowest BCUT2D eigenvalue weighted by Gasteiger charge is -2.40. The molecule has 1 unspecified atom stereocenters. The van der Waals surface area contributed by atoms with Crippen LogP contribution in [0.15, 0.2) is 46.4 Å². The number of benzene rings is 1. The van der Waals surface area contributed by atoms with Gasteiger partial charge in [0.05, 0.1) is 11.6 Å². The standard InChI is InChI=1S/C19H18N2O6/c20-14-8-5-7-4-6-2-1-3-9(22)10(6)15(23)11(7)16(24)12(8)17(25)13(18(14)26)19(21)27/h1-3,7-8,14,22-25H,4-5,20H2,(H2,21,27)/t7-,8+,14?/m0/s1. The fourth-order valence-corrected chi connectivity index (χ4v) is 4.43. The van der Waals surface area contributed by atoms with Crippen LogP contribution in [0.2, 0.25) is 0 Å². The molecule has 1 amide bonds. The summed E-state index contributed by atoms with van der Waals surface area (Å²) in [5.74, 6) is -4.59. The number of fused-ring (bicyclic) bond motifs is 3. The second kappa shape index (κ2) is 5.62. The maximum absolute atomic E-state index is 12.4. The second-order valence-electron chi connectivity index (χ2n) is 7.06. The van der Waals surface area contributed by atoms with Crippen molar-refractivity contribution in [1.82, 2.24) is 0 Å². The fourth-order valence-electron chi connectivity index (χ4n) is 4.43. The molecule has 0 fully saturated rings. The Morgan fingerprint density at radius 3 is 2.41 bits per heavy atom. The monoisotopic (exact) mass is 370 g/mol. The van der Waals surface area contributed by atoms with Crippen LogP contribution in [0.25, 0.3) is 5.76 Å². The topological polar surface area (TPSA) is 167 Å². The predicted octanol–water partition coefficient (Wildman–Crippen LogP) is 0.873. The van der Waals surface area contributed by atoms with E-state index in [1.165, 1.54) is 6.07 Å². The second-order valence-corrected chi connectivity index (χ2v) is 7.06. The van der Waals surface area contributed by atoms with Crippen molar-refractivity contribution in [2.24, 2.45) is 23.3 Å². The predicted molar refractivity (Wildman–Crippen MR) is 94.4 cm³/mol. The third-order valence-corrected chi connectivity index (χ3v) is 5.64. The molecule has 0 bridgehead atoms. The number of aromatic hydroxyl groups is 1. The first-order valence-corrected chi connectivity index (χ1v) is 8.45. The van der Waals surface area contributed by atoms with Gasteiger partial charge in [-0.1, -0.05) is 12.1 Å². The number of hydrogen-bond donors (Lipinski definition) is 6. The van der Waals surface area contributed by atoms with E-state index in [4.69, 9.17) is 11.5 Å². The number of allylic oxidation sites excluding steroid dienone is 2. The molecule has 0 saturated heterocycles. The highest BCUT2D eigenvalue weighted by atomic mass is 16.3. The van der Waals surface area contributed by atoms with Crippen molar-refractivity contribution < 1.29 is 30.0 Å². The summed E-state index contributed by atoms with van der Waals surface area (Å²) in [4.78, 5) is 24.0. The van der Waals surface area contributed by atoms with Gasteiger partial charge in [-0.25, -0.2) is 0 Å². The molecule has 0 aromatic heterocycles. The zero-order chi connectivity index (χ0) is 19.6. The van der Waals surface area contributed by atoms with E-state index in [9.17, 15) is 30.0 Å². The fraction of sp³-hybridized carbons (Fsp3) is 0.263. The molecule has 8 N–H and O–H groups in total. The van der Waals surface area contributed by atoms with E-state index >= 15 is 0 Å². The van der Waals surface area contributed by atoms with Crippen LogP contribution in [0.4, 0.5) is 0 Å². The van der Waals surface area contributed by atoms with Crippen molar-refractivity contribution in [1.29, 1.82) is 0 Å². The molecule has 0 heterocycles. The van der Waals surface area contributed by atoms with Crippen LogP contribution in [0.3, 0.4) is 0 Å². The van der Waals surface area contributed by atoms with Crippen molar-refractivity contribution in [3.05, 3.63) is 57.6 Å². The highest BCUT2D eigenvalue weighted by Gasteiger charge is 2.48. The van der Waals surface area contributed by atoms with Gasteiger partial charge in [0, 0.05) is 17.1 Å². The van der Waals surface area contributed by atoms with E-state index < -0.39 is 40.7 Å². The van der Waals surface area contributed by atoms with Gasteiger partial charge in [0.15, 0.2) is 5.78 Å². The zero-order valence-electron chi connectivity index (χ0n) is 14.1. The zero-order valence-corrected chi connectivity index (χ0v) is 14.1. The minimum atomic E-state index is -1.14. The maximum Gasteiger partial charge on any atom is 0.256 e. The number of carbonyl (C=O) groups excluding carboxylic acids is 2. The molecule has 8 nitrogen and oxygen atoms in total. The molecule has 140 valence electrons. The molecule has 8 heteroatoms. The van der Waals surface area contributed by atoms with E-state index in [0.29, 0.717) is 12.0 Å². The van der Waals surface area contributed by atoms with Gasteiger partial charge in [-0.15, -0.1) is 0 Å². The lowest BCUT2D eigenvalue weighted by Crippen LogP contribution is -2.49. The van der Waals surface area contributed by atoms with Gasteiger partial charge in [0.2, 0.25) is 0 Å². The van der Waals surface area contributed by atoms with Gasteiger partial charge >= 0.3 is 0 Å². The first-order valence-electron chi connectivity index (χ1n) is 8.45. The van der Waals surface area contributed by atoms with E-state index in [2.05, 4.69) is 0 Å². The first-order chi connectivity index (χ1) is 12.7. The minimum absolute atomic E-state index is 0.0763. The Kier molecular flexibility index (Phi) is 3.57. The maximum atomic E-state index is 12.4.